The fourth-order valence-electron chi connectivity index (χ4n) is 2.39. The van der Waals surface area contributed by atoms with Gasteiger partial charge in [-0.3, -0.25) is 0 Å². The van der Waals surface area contributed by atoms with Crippen molar-refractivity contribution < 1.29 is 9.53 Å². The first kappa shape index (κ1) is 17.0. The molecule has 0 saturated heterocycles. The monoisotopic (exact) mass is 377 g/mol. The summed E-state index contributed by atoms with van der Waals surface area (Å²) in [6.45, 7) is 1.83. The third-order valence-corrected chi connectivity index (χ3v) is 5.51. The van der Waals surface area contributed by atoms with E-state index in [1.54, 1.807) is 24.3 Å². The summed E-state index contributed by atoms with van der Waals surface area (Å²) in [4.78, 5) is 12.9. The van der Waals surface area contributed by atoms with Crippen LogP contribution in [0.4, 0.5) is 0 Å². The molecule has 0 aliphatic carbocycles. The Morgan fingerprint density at radius 2 is 1.96 bits per heavy atom. The smallest absolute Gasteiger partial charge is 0.340 e. The molecule has 24 heavy (non-hydrogen) atoms. The number of ether oxygens (including phenoxy) is 1. The lowest BCUT2D eigenvalue weighted by Crippen LogP contribution is -2.14. The molecule has 3 nitrogen and oxygen atoms in total. The highest BCUT2D eigenvalue weighted by atomic mass is 35.5. The van der Waals surface area contributed by atoms with E-state index in [4.69, 9.17) is 33.3 Å². The van der Waals surface area contributed by atoms with E-state index >= 15 is 0 Å². The van der Waals surface area contributed by atoms with Gasteiger partial charge in [-0.25, -0.2) is 4.79 Å². The minimum Gasteiger partial charge on any atom is -0.456 e. The first-order valence-electron chi connectivity index (χ1n) is 7.15. The fourth-order valence-corrected chi connectivity index (χ4v) is 3.90. The number of carbonyl (C=O) groups excluding carboxylic acids is 1. The zero-order chi connectivity index (χ0) is 17.3. The van der Waals surface area contributed by atoms with Crippen molar-refractivity contribution in [3.63, 3.8) is 0 Å². The lowest BCUT2D eigenvalue weighted by Gasteiger charge is -2.07. The summed E-state index contributed by atoms with van der Waals surface area (Å²) in [5.41, 5.74) is 1.52. The molecule has 0 unspecified atom stereocenters. The fraction of sp³-hybridized carbons (Fsp3) is 0.111. The second-order valence-electron chi connectivity index (χ2n) is 5.23. The van der Waals surface area contributed by atoms with Gasteiger partial charge in [0.25, 0.3) is 0 Å². The summed E-state index contributed by atoms with van der Waals surface area (Å²) in [5.74, 6) is -0.535. The van der Waals surface area contributed by atoms with Crippen molar-refractivity contribution in [1.82, 2.24) is 0 Å². The van der Waals surface area contributed by atoms with E-state index < -0.39 is 5.97 Å². The molecule has 3 rings (SSSR count). The van der Waals surface area contributed by atoms with Gasteiger partial charge in [-0.15, -0.1) is 11.3 Å². The second kappa shape index (κ2) is 6.93. The molecular formula is C18H13Cl2NO2S. The number of hydrogen-bond acceptors (Lipinski definition) is 4. The first-order chi connectivity index (χ1) is 11.5. The van der Waals surface area contributed by atoms with Gasteiger partial charge in [0, 0.05) is 9.72 Å². The van der Waals surface area contributed by atoms with Crippen LogP contribution in [0, 0.1) is 12.3 Å². The van der Waals surface area contributed by atoms with E-state index in [0.717, 1.165) is 20.5 Å². The number of fused-ring (bicyclic) bond motifs is 1. The molecule has 0 aliphatic rings. The quantitative estimate of drug-likeness (QED) is 0.465. The van der Waals surface area contributed by atoms with Crippen molar-refractivity contribution in [2.24, 2.45) is 0 Å². The Hall–Kier alpha value is -1.88. The zero-order valence-corrected chi connectivity index (χ0v) is 15.1. The Labute approximate surface area is 153 Å². The average molecular weight is 378 g/mol. The van der Waals surface area contributed by atoms with Crippen LogP contribution in [0.15, 0.2) is 42.5 Å². The molecule has 2 aromatic carbocycles. The predicted octanol–water partition coefficient (Wildman–Crippen LogP) is 5.74. The summed E-state index contributed by atoms with van der Waals surface area (Å²) in [5, 5.41) is 10.2. The summed E-state index contributed by atoms with van der Waals surface area (Å²) in [6.07, 6.45) is 0. The third kappa shape index (κ3) is 3.31. The molecule has 1 N–H and O–H groups in total. The highest BCUT2D eigenvalue weighted by Gasteiger charge is 2.16. The van der Waals surface area contributed by atoms with E-state index in [1.165, 1.54) is 11.3 Å². The van der Waals surface area contributed by atoms with Crippen LogP contribution in [0.1, 0.15) is 20.8 Å². The highest BCUT2D eigenvalue weighted by molar-refractivity contribution is 7.21. The van der Waals surface area contributed by atoms with Gasteiger partial charge >= 0.3 is 5.97 Å². The number of nitrogens with one attached hydrogen (secondary N) is 1. The third-order valence-electron chi connectivity index (χ3n) is 3.61. The average Bonchev–Trinajstić information content (AvgIpc) is 2.89. The van der Waals surface area contributed by atoms with E-state index in [2.05, 4.69) is 0 Å². The number of aryl methyl sites for hydroxylation is 1. The van der Waals surface area contributed by atoms with Crippen molar-refractivity contribution in [3.8, 4) is 0 Å². The van der Waals surface area contributed by atoms with Gasteiger partial charge in [0.1, 0.15) is 6.61 Å². The Kier molecular flexibility index (Phi) is 4.90. The lowest BCUT2D eigenvalue weighted by molar-refractivity contribution is 0.0563. The molecule has 122 valence electrons. The Balaban J connectivity index is 1.77. The lowest BCUT2D eigenvalue weighted by atomic mass is 10.1. The maximum atomic E-state index is 12.1. The number of carbonyl (C=O) groups is 1. The minimum atomic E-state index is -0.535. The number of hydrogen-bond donors (Lipinski definition) is 1. The molecule has 1 aromatic heterocycles. The number of thiophene rings is 1. The van der Waals surface area contributed by atoms with Crippen LogP contribution < -0.4 is 0 Å². The standard InChI is InChI=1S/C18H13Cl2NO2S/c1-10-13-8-11(19)6-7-16(13)24-17(10)15(21)9-23-18(22)12-4-2-3-5-14(12)20/h2-8,21H,9H2,1H3. The number of rotatable bonds is 4. The van der Waals surface area contributed by atoms with Crippen LogP contribution >= 0.6 is 34.5 Å². The summed E-state index contributed by atoms with van der Waals surface area (Å²) < 4.78 is 6.28. The molecule has 0 spiro atoms. The summed E-state index contributed by atoms with van der Waals surface area (Å²) >= 11 is 13.5. The Morgan fingerprint density at radius 1 is 1.21 bits per heavy atom. The van der Waals surface area contributed by atoms with Crippen molar-refractivity contribution >= 4 is 56.3 Å². The molecule has 0 saturated carbocycles. The van der Waals surface area contributed by atoms with Gasteiger partial charge in [0.15, 0.2) is 0 Å². The van der Waals surface area contributed by atoms with Gasteiger partial charge in [-0.1, -0.05) is 35.3 Å². The van der Waals surface area contributed by atoms with Gasteiger partial charge in [0.2, 0.25) is 0 Å². The van der Waals surface area contributed by atoms with Gasteiger partial charge in [0.05, 0.1) is 21.2 Å². The molecular weight excluding hydrogens is 365 g/mol. The van der Waals surface area contributed by atoms with Crippen LogP contribution in [0.5, 0.6) is 0 Å². The normalized spacial score (nSPS) is 10.8. The van der Waals surface area contributed by atoms with Crippen molar-refractivity contribution in [1.29, 1.82) is 5.41 Å². The maximum absolute atomic E-state index is 12.1. The van der Waals surface area contributed by atoms with Crippen molar-refractivity contribution in [2.75, 3.05) is 6.61 Å². The van der Waals surface area contributed by atoms with Crippen molar-refractivity contribution in [2.45, 2.75) is 6.92 Å². The molecule has 0 fully saturated rings. The molecule has 0 bridgehead atoms. The molecule has 3 aromatic rings. The van der Waals surface area contributed by atoms with Crippen molar-refractivity contribution in [3.05, 3.63) is 68.5 Å². The van der Waals surface area contributed by atoms with E-state index in [-0.39, 0.29) is 12.3 Å². The van der Waals surface area contributed by atoms with Gasteiger partial charge in [-0.2, -0.15) is 0 Å². The largest absolute Gasteiger partial charge is 0.456 e. The zero-order valence-electron chi connectivity index (χ0n) is 12.7. The SMILES string of the molecule is Cc1c(C(=N)COC(=O)c2ccccc2Cl)sc2ccc(Cl)cc12. The van der Waals surface area contributed by atoms with Crippen LogP contribution in [0.2, 0.25) is 10.0 Å². The maximum Gasteiger partial charge on any atom is 0.340 e. The van der Waals surface area contributed by atoms with Crippen LogP contribution in [-0.4, -0.2) is 18.3 Å². The summed E-state index contributed by atoms with van der Waals surface area (Å²) in [6, 6.07) is 12.3. The molecule has 0 amide bonds. The molecule has 0 atom stereocenters. The van der Waals surface area contributed by atoms with Crippen LogP contribution in [0.25, 0.3) is 10.1 Å². The molecule has 6 heteroatoms. The van der Waals surface area contributed by atoms with E-state index in [0.29, 0.717) is 15.6 Å². The Bertz CT molecular complexity index is 949. The number of benzene rings is 2. The Morgan fingerprint density at radius 3 is 2.71 bits per heavy atom. The number of esters is 1. The van der Waals surface area contributed by atoms with Gasteiger partial charge < -0.3 is 10.1 Å². The number of halogens is 2. The highest BCUT2D eigenvalue weighted by Crippen LogP contribution is 2.33. The molecule has 1 heterocycles. The first-order valence-corrected chi connectivity index (χ1v) is 8.72. The van der Waals surface area contributed by atoms with E-state index in [9.17, 15) is 4.79 Å². The van der Waals surface area contributed by atoms with Crippen LogP contribution in [0.3, 0.4) is 0 Å². The van der Waals surface area contributed by atoms with E-state index in [1.807, 2.05) is 25.1 Å². The van der Waals surface area contributed by atoms with Gasteiger partial charge in [-0.05, 0) is 48.2 Å². The topological polar surface area (TPSA) is 50.1 Å². The molecule has 0 aliphatic heterocycles. The minimum absolute atomic E-state index is 0.106. The van der Waals surface area contributed by atoms with Crippen LogP contribution in [-0.2, 0) is 4.74 Å². The summed E-state index contributed by atoms with van der Waals surface area (Å²) in [7, 11) is 0. The predicted molar refractivity (Wildman–Crippen MR) is 100 cm³/mol. The second-order valence-corrected chi connectivity index (χ2v) is 7.13. The molecule has 0 radical (unpaired) electrons.